The van der Waals surface area contributed by atoms with Gasteiger partial charge in [0.05, 0.1) is 12.1 Å². The van der Waals surface area contributed by atoms with Crippen LogP contribution in [0.25, 0.3) is 0 Å². The molecule has 6 heteroatoms. The lowest BCUT2D eigenvalue weighted by Crippen LogP contribution is -2.11. The van der Waals surface area contributed by atoms with Crippen LogP contribution in [0.3, 0.4) is 0 Å². The van der Waals surface area contributed by atoms with Crippen LogP contribution in [-0.2, 0) is 0 Å². The summed E-state index contributed by atoms with van der Waals surface area (Å²) in [4.78, 5) is 12.0. The van der Waals surface area contributed by atoms with Gasteiger partial charge in [0, 0.05) is 15.7 Å². The summed E-state index contributed by atoms with van der Waals surface area (Å²) < 4.78 is 5.67. The van der Waals surface area contributed by atoms with Gasteiger partial charge < -0.3 is 15.2 Å². The Morgan fingerprint density at radius 3 is 2.65 bits per heavy atom. The molecular formula is C14H11BrClNO3. The molecule has 1 amide bonds. The molecule has 2 rings (SSSR count). The highest BCUT2D eigenvalue weighted by atomic mass is 79.9. The van der Waals surface area contributed by atoms with Crippen LogP contribution >= 0.6 is 27.5 Å². The summed E-state index contributed by atoms with van der Waals surface area (Å²) in [7, 11) is 1.44. The SMILES string of the molecule is COc1ccc(C(=O)Nc2ccc(Br)c(Cl)c2)cc1O. The topological polar surface area (TPSA) is 58.6 Å². The van der Waals surface area contributed by atoms with Gasteiger partial charge in [-0.3, -0.25) is 4.79 Å². The number of carbonyl (C=O) groups is 1. The van der Waals surface area contributed by atoms with Crippen molar-refractivity contribution in [1.82, 2.24) is 0 Å². The molecule has 0 aliphatic carbocycles. The van der Waals surface area contributed by atoms with Crippen LogP contribution in [0.15, 0.2) is 40.9 Å². The highest BCUT2D eigenvalue weighted by Crippen LogP contribution is 2.28. The van der Waals surface area contributed by atoms with E-state index in [1.54, 1.807) is 24.3 Å². The molecule has 2 N–H and O–H groups in total. The van der Waals surface area contributed by atoms with E-state index in [4.69, 9.17) is 16.3 Å². The highest BCUT2D eigenvalue weighted by Gasteiger charge is 2.10. The van der Waals surface area contributed by atoms with Crippen molar-refractivity contribution in [3.8, 4) is 11.5 Å². The average molecular weight is 357 g/mol. The van der Waals surface area contributed by atoms with Crippen molar-refractivity contribution >= 4 is 39.1 Å². The summed E-state index contributed by atoms with van der Waals surface area (Å²) in [5.41, 5.74) is 0.890. The summed E-state index contributed by atoms with van der Waals surface area (Å²) in [5.74, 6) is -0.122. The van der Waals surface area contributed by atoms with Crippen LogP contribution in [0.2, 0.25) is 5.02 Å². The van der Waals surface area contributed by atoms with E-state index in [1.165, 1.54) is 19.2 Å². The smallest absolute Gasteiger partial charge is 0.255 e. The first-order valence-electron chi connectivity index (χ1n) is 5.64. The molecule has 0 fully saturated rings. The normalized spacial score (nSPS) is 10.2. The third-order valence-corrected chi connectivity index (χ3v) is 3.85. The Balaban J connectivity index is 2.19. The molecule has 0 spiro atoms. The first-order chi connectivity index (χ1) is 9.51. The maximum Gasteiger partial charge on any atom is 0.255 e. The van der Waals surface area contributed by atoms with Gasteiger partial charge in [0.1, 0.15) is 0 Å². The molecule has 0 atom stereocenters. The molecule has 20 heavy (non-hydrogen) atoms. The number of phenolic OH excluding ortho intramolecular Hbond substituents is 1. The number of carbonyl (C=O) groups excluding carboxylic acids is 1. The molecule has 4 nitrogen and oxygen atoms in total. The number of rotatable bonds is 3. The van der Waals surface area contributed by atoms with Crippen LogP contribution in [0.4, 0.5) is 5.69 Å². The van der Waals surface area contributed by atoms with Crippen molar-refractivity contribution in [3.63, 3.8) is 0 Å². The van der Waals surface area contributed by atoms with Crippen LogP contribution < -0.4 is 10.1 Å². The molecule has 0 heterocycles. The fourth-order valence-corrected chi connectivity index (χ4v) is 2.04. The van der Waals surface area contributed by atoms with E-state index in [0.717, 1.165) is 4.47 Å². The van der Waals surface area contributed by atoms with Crippen LogP contribution in [0, 0.1) is 0 Å². The number of methoxy groups -OCH3 is 1. The molecule has 2 aromatic carbocycles. The number of aromatic hydroxyl groups is 1. The lowest BCUT2D eigenvalue weighted by Gasteiger charge is -2.08. The van der Waals surface area contributed by atoms with Gasteiger partial charge in [0.25, 0.3) is 5.91 Å². The van der Waals surface area contributed by atoms with E-state index < -0.39 is 0 Å². The molecule has 0 saturated heterocycles. The van der Waals surface area contributed by atoms with Crippen molar-refractivity contribution in [3.05, 3.63) is 51.5 Å². The van der Waals surface area contributed by atoms with Crippen molar-refractivity contribution in [1.29, 1.82) is 0 Å². The van der Waals surface area contributed by atoms with Gasteiger partial charge in [-0.25, -0.2) is 0 Å². The molecule has 0 saturated carbocycles. The monoisotopic (exact) mass is 355 g/mol. The summed E-state index contributed by atoms with van der Waals surface area (Å²) >= 11 is 9.23. The molecule has 0 radical (unpaired) electrons. The minimum atomic E-state index is -0.346. The first-order valence-corrected chi connectivity index (χ1v) is 6.82. The zero-order chi connectivity index (χ0) is 14.7. The van der Waals surface area contributed by atoms with E-state index in [9.17, 15) is 9.90 Å². The number of anilines is 1. The maximum absolute atomic E-state index is 12.0. The number of halogens is 2. The second-order valence-corrected chi connectivity index (χ2v) is 5.23. The Kier molecular flexibility index (Phi) is 4.52. The minimum absolute atomic E-state index is 0.0889. The van der Waals surface area contributed by atoms with Gasteiger partial charge in [-0.2, -0.15) is 0 Å². The standard InChI is InChI=1S/C14H11BrClNO3/c1-20-13-5-2-8(6-12(13)18)14(19)17-9-3-4-10(15)11(16)7-9/h2-7,18H,1H3,(H,17,19). The molecule has 0 aromatic heterocycles. The van der Waals surface area contributed by atoms with E-state index in [-0.39, 0.29) is 11.7 Å². The summed E-state index contributed by atoms with van der Waals surface area (Å²) in [5, 5.41) is 12.8. The van der Waals surface area contributed by atoms with Crippen molar-refractivity contribution < 1.29 is 14.6 Å². The number of nitrogens with one attached hydrogen (secondary N) is 1. The van der Waals surface area contributed by atoms with Crippen molar-refractivity contribution in [2.24, 2.45) is 0 Å². The maximum atomic E-state index is 12.0. The fourth-order valence-electron chi connectivity index (χ4n) is 1.61. The zero-order valence-electron chi connectivity index (χ0n) is 10.5. The predicted molar refractivity (Wildman–Crippen MR) is 81.8 cm³/mol. The van der Waals surface area contributed by atoms with Gasteiger partial charge in [-0.05, 0) is 52.3 Å². The summed E-state index contributed by atoms with van der Waals surface area (Å²) in [6.45, 7) is 0. The first kappa shape index (κ1) is 14.7. The number of hydrogen-bond acceptors (Lipinski definition) is 3. The van der Waals surface area contributed by atoms with E-state index in [2.05, 4.69) is 21.2 Å². The number of phenols is 1. The lowest BCUT2D eigenvalue weighted by molar-refractivity contribution is 0.102. The Labute approximate surface area is 129 Å². The largest absolute Gasteiger partial charge is 0.504 e. The van der Waals surface area contributed by atoms with Gasteiger partial charge >= 0.3 is 0 Å². The van der Waals surface area contributed by atoms with Gasteiger partial charge in [-0.15, -0.1) is 0 Å². The summed E-state index contributed by atoms with van der Waals surface area (Å²) in [6, 6.07) is 9.52. The second kappa shape index (κ2) is 6.15. The fraction of sp³-hybridized carbons (Fsp3) is 0.0714. The zero-order valence-corrected chi connectivity index (χ0v) is 12.8. The Bertz CT molecular complexity index is 661. The summed E-state index contributed by atoms with van der Waals surface area (Å²) in [6.07, 6.45) is 0. The molecule has 0 aliphatic heterocycles. The van der Waals surface area contributed by atoms with Crippen molar-refractivity contribution in [2.75, 3.05) is 12.4 Å². The third-order valence-electron chi connectivity index (χ3n) is 2.62. The molecule has 0 bridgehead atoms. The van der Waals surface area contributed by atoms with E-state index in [0.29, 0.717) is 22.0 Å². The Hall–Kier alpha value is -1.72. The quantitative estimate of drug-likeness (QED) is 0.871. The average Bonchev–Trinajstić information content (AvgIpc) is 2.42. The third kappa shape index (κ3) is 3.23. The second-order valence-electron chi connectivity index (χ2n) is 3.97. The Morgan fingerprint density at radius 1 is 1.30 bits per heavy atom. The highest BCUT2D eigenvalue weighted by molar-refractivity contribution is 9.10. The Morgan fingerprint density at radius 2 is 2.05 bits per heavy atom. The van der Waals surface area contributed by atoms with Crippen LogP contribution in [0.1, 0.15) is 10.4 Å². The van der Waals surface area contributed by atoms with Gasteiger partial charge in [0.2, 0.25) is 0 Å². The number of ether oxygens (including phenoxy) is 1. The molecule has 0 unspecified atom stereocenters. The van der Waals surface area contributed by atoms with Crippen LogP contribution in [-0.4, -0.2) is 18.1 Å². The lowest BCUT2D eigenvalue weighted by atomic mass is 10.2. The van der Waals surface area contributed by atoms with Gasteiger partial charge in [0.15, 0.2) is 11.5 Å². The number of hydrogen-bond donors (Lipinski definition) is 2. The number of amides is 1. The molecular weight excluding hydrogens is 346 g/mol. The molecule has 2 aromatic rings. The predicted octanol–water partition coefficient (Wildman–Crippen LogP) is 4.07. The van der Waals surface area contributed by atoms with Crippen molar-refractivity contribution in [2.45, 2.75) is 0 Å². The van der Waals surface area contributed by atoms with Crippen LogP contribution in [0.5, 0.6) is 11.5 Å². The van der Waals surface area contributed by atoms with E-state index in [1.807, 2.05) is 0 Å². The van der Waals surface area contributed by atoms with E-state index >= 15 is 0 Å². The molecule has 104 valence electrons. The van der Waals surface area contributed by atoms with Gasteiger partial charge in [-0.1, -0.05) is 11.6 Å². The number of benzene rings is 2. The molecule has 0 aliphatic rings. The minimum Gasteiger partial charge on any atom is -0.504 e.